The predicted octanol–water partition coefficient (Wildman–Crippen LogP) is 5.65. The van der Waals surface area contributed by atoms with Crippen LogP contribution in [0.15, 0.2) is 84.9 Å². The molecule has 0 saturated heterocycles. The monoisotopic (exact) mass is 538 g/mol. The smallest absolute Gasteiger partial charge is 0.308 e. The zero-order chi connectivity index (χ0) is 27.4. The third kappa shape index (κ3) is 5.63. The number of hydrogen-bond donors (Lipinski definition) is 1. The van der Waals surface area contributed by atoms with Crippen LogP contribution in [0.5, 0.6) is 0 Å². The van der Waals surface area contributed by atoms with Crippen molar-refractivity contribution in [2.75, 3.05) is 5.32 Å². The van der Waals surface area contributed by atoms with Gasteiger partial charge in [-0.1, -0.05) is 78.0 Å². The summed E-state index contributed by atoms with van der Waals surface area (Å²) in [7, 11) is 0. The van der Waals surface area contributed by atoms with Gasteiger partial charge in [-0.2, -0.15) is 0 Å². The number of nitrogens with zero attached hydrogens (tertiary/aromatic N) is 3. The van der Waals surface area contributed by atoms with Crippen molar-refractivity contribution in [3.05, 3.63) is 112 Å². The number of carbonyl (C=O) groups is 3. The van der Waals surface area contributed by atoms with Gasteiger partial charge in [-0.3, -0.25) is 14.4 Å². The molecule has 0 aliphatic heterocycles. The third-order valence-electron chi connectivity index (χ3n) is 6.46. The Kier molecular flexibility index (Phi) is 7.60. The summed E-state index contributed by atoms with van der Waals surface area (Å²) in [5.74, 6) is -1.24. The highest BCUT2D eigenvalue weighted by Gasteiger charge is 2.30. The summed E-state index contributed by atoms with van der Waals surface area (Å²) < 4.78 is 6.91. The van der Waals surface area contributed by atoms with Crippen LogP contribution in [0, 0.1) is 13.8 Å². The van der Waals surface area contributed by atoms with Gasteiger partial charge >= 0.3 is 5.97 Å². The summed E-state index contributed by atoms with van der Waals surface area (Å²) in [6.07, 6.45) is -0.267. The van der Waals surface area contributed by atoms with E-state index in [1.54, 1.807) is 36.4 Å². The molecule has 5 rings (SSSR count). The molecule has 1 unspecified atom stereocenters. The minimum absolute atomic E-state index is 0.0884. The van der Waals surface area contributed by atoms with Gasteiger partial charge in [0.1, 0.15) is 23.2 Å². The van der Waals surface area contributed by atoms with Crippen molar-refractivity contribution in [1.82, 2.24) is 15.0 Å². The highest BCUT2D eigenvalue weighted by Crippen LogP contribution is 2.35. The van der Waals surface area contributed by atoms with Gasteiger partial charge in [-0.15, -0.1) is 16.4 Å². The Morgan fingerprint density at radius 1 is 0.923 bits per heavy atom. The number of carbonyl (C=O) groups excluding carboxylic acids is 3. The molecule has 39 heavy (non-hydrogen) atoms. The van der Waals surface area contributed by atoms with E-state index in [1.165, 1.54) is 16.0 Å². The number of para-hydroxylation sites is 1. The Labute approximate surface area is 229 Å². The molecular formula is C30H26N4O4S. The van der Waals surface area contributed by atoms with Gasteiger partial charge in [-0.25, -0.2) is 4.68 Å². The Bertz CT molecular complexity index is 1640. The van der Waals surface area contributed by atoms with Crippen LogP contribution in [0.4, 0.5) is 5.00 Å². The quantitative estimate of drug-likeness (QED) is 0.192. The molecular weight excluding hydrogens is 512 g/mol. The number of anilines is 1. The number of esters is 1. The number of ether oxygens (including phenoxy) is 1. The van der Waals surface area contributed by atoms with E-state index in [4.69, 9.17) is 4.74 Å². The summed E-state index contributed by atoms with van der Waals surface area (Å²) >= 11 is 1.32. The van der Waals surface area contributed by atoms with E-state index >= 15 is 0 Å². The SMILES string of the molecule is Cc1sc(NC(=O)C(CC(=O)OCc2ccccc2)n2nnc3ccccc32)c(C(=O)c2ccccc2)c1C. The first-order valence-corrected chi connectivity index (χ1v) is 13.2. The maximum Gasteiger partial charge on any atom is 0.308 e. The van der Waals surface area contributed by atoms with Gasteiger partial charge in [0.25, 0.3) is 5.91 Å². The second kappa shape index (κ2) is 11.4. The molecule has 196 valence electrons. The normalized spacial score (nSPS) is 11.7. The van der Waals surface area contributed by atoms with Gasteiger partial charge in [-0.05, 0) is 37.1 Å². The molecule has 1 amide bonds. The lowest BCUT2D eigenvalue weighted by Gasteiger charge is -2.17. The second-order valence-corrected chi connectivity index (χ2v) is 10.3. The van der Waals surface area contributed by atoms with Gasteiger partial charge in [0.05, 0.1) is 17.5 Å². The summed E-state index contributed by atoms with van der Waals surface area (Å²) in [5.41, 5.74) is 3.80. The molecule has 5 aromatic rings. The molecule has 3 aromatic carbocycles. The zero-order valence-corrected chi connectivity index (χ0v) is 22.3. The fraction of sp³-hybridized carbons (Fsp3) is 0.167. The van der Waals surface area contributed by atoms with Gasteiger partial charge in [0.15, 0.2) is 5.78 Å². The molecule has 0 aliphatic rings. The Morgan fingerprint density at radius 3 is 2.33 bits per heavy atom. The Morgan fingerprint density at radius 2 is 1.59 bits per heavy atom. The molecule has 1 atom stereocenters. The molecule has 0 bridgehead atoms. The first-order valence-electron chi connectivity index (χ1n) is 12.4. The molecule has 8 nitrogen and oxygen atoms in total. The zero-order valence-electron chi connectivity index (χ0n) is 21.5. The van der Waals surface area contributed by atoms with Crippen LogP contribution in [0.2, 0.25) is 0 Å². The predicted molar refractivity (Wildman–Crippen MR) is 150 cm³/mol. The highest BCUT2D eigenvalue weighted by molar-refractivity contribution is 7.16. The lowest BCUT2D eigenvalue weighted by atomic mass is 10.0. The number of aromatic nitrogens is 3. The largest absolute Gasteiger partial charge is 0.461 e. The Balaban J connectivity index is 1.44. The maximum absolute atomic E-state index is 13.8. The van der Waals surface area contributed by atoms with Crippen LogP contribution in [0.3, 0.4) is 0 Å². The molecule has 2 heterocycles. The van der Waals surface area contributed by atoms with Crippen LogP contribution in [-0.4, -0.2) is 32.7 Å². The number of benzene rings is 3. The van der Waals surface area contributed by atoms with Crippen molar-refractivity contribution in [3.8, 4) is 0 Å². The molecule has 0 spiro atoms. The number of rotatable bonds is 9. The van der Waals surface area contributed by atoms with E-state index in [9.17, 15) is 14.4 Å². The summed E-state index contributed by atoms with van der Waals surface area (Å²) in [6, 6.07) is 24.4. The molecule has 0 fully saturated rings. The van der Waals surface area contributed by atoms with Crippen LogP contribution >= 0.6 is 11.3 Å². The molecule has 1 N–H and O–H groups in total. The van der Waals surface area contributed by atoms with Crippen LogP contribution in [-0.2, 0) is 20.9 Å². The topological polar surface area (TPSA) is 103 Å². The molecule has 0 radical (unpaired) electrons. The average molecular weight is 539 g/mol. The first-order chi connectivity index (χ1) is 18.9. The summed E-state index contributed by atoms with van der Waals surface area (Å²) in [6.45, 7) is 3.85. The molecule has 0 saturated carbocycles. The van der Waals surface area contributed by atoms with Crippen molar-refractivity contribution in [2.24, 2.45) is 0 Å². The number of hydrogen-bond acceptors (Lipinski definition) is 7. The van der Waals surface area contributed by atoms with Gasteiger partial charge < -0.3 is 10.1 Å². The van der Waals surface area contributed by atoms with E-state index in [2.05, 4.69) is 15.6 Å². The van der Waals surface area contributed by atoms with E-state index in [0.29, 0.717) is 27.2 Å². The molecule has 9 heteroatoms. The number of fused-ring (bicyclic) bond motifs is 1. The highest BCUT2D eigenvalue weighted by atomic mass is 32.1. The summed E-state index contributed by atoms with van der Waals surface area (Å²) in [5, 5.41) is 11.7. The minimum Gasteiger partial charge on any atom is -0.461 e. The summed E-state index contributed by atoms with van der Waals surface area (Å²) in [4.78, 5) is 41.0. The maximum atomic E-state index is 13.8. The van der Waals surface area contributed by atoms with Gasteiger partial charge in [0, 0.05) is 10.4 Å². The minimum atomic E-state index is -1.05. The van der Waals surface area contributed by atoms with E-state index in [1.807, 2.05) is 62.4 Å². The van der Waals surface area contributed by atoms with E-state index in [0.717, 1.165) is 16.0 Å². The van der Waals surface area contributed by atoms with Crippen LogP contribution in [0.1, 0.15) is 44.4 Å². The number of ketones is 1. The Hall–Kier alpha value is -4.63. The number of nitrogens with one attached hydrogen (secondary N) is 1. The second-order valence-electron chi connectivity index (χ2n) is 9.06. The van der Waals surface area contributed by atoms with Crippen molar-refractivity contribution >= 4 is 45.0 Å². The lowest BCUT2D eigenvalue weighted by molar-refractivity contribution is -0.147. The van der Waals surface area contributed by atoms with Crippen molar-refractivity contribution in [1.29, 1.82) is 0 Å². The van der Waals surface area contributed by atoms with Crippen molar-refractivity contribution in [2.45, 2.75) is 32.9 Å². The molecule has 0 aliphatic carbocycles. The number of thiophene rings is 1. The van der Waals surface area contributed by atoms with Crippen molar-refractivity contribution < 1.29 is 19.1 Å². The standard InChI is InChI=1S/C30H26N4O4S/c1-19-20(2)39-30(27(19)28(36)22-13-7-4-8-14-22)31-29(37)25(34-24-16-10-9-15-23(24)32-33-34)17-26(35)38-18-21-11-5-3-6-12-21/h3-16,25H,17-18H2,1-2H3,(H,31,37). The third-order valence-corrected chi connectivity index (χ3v) is 7.59. The van der Waals surface area contributed by atoms with E-state index in [-0.39, 0.29) is 18.8 Å². The van der Waals surface area contributed by atoms with E-state index < -0.39 is 17.9 Å². The van der Waals surface area contributed by atoms with Crippen molar-refractivity contribution in [3.63, 3.8) is 0 Å². The lowest BCUT2D eigenvalue weighted by Crippen LogP contribution is -2.30. The fourth-order valence-electron chi connectivity index (χ4n) is 4.28. The fourth-order valence-corrected chi connectivity index (χ4v) is 5.34. The average Bonchev–Trinajstić information content (AvgIpc) is 3.51. The van der Waals surface area contributed by atoms with Crippen LogP contribution < -0.4 is 5.32 Å². The van der Waals surface area contributed by atoms with Gasteiger partial charge in [0.2, 0.25) is 0 Å². The first kappa shape index (κ1) is 26.0. The number of aryl methyl sites for hydroxylation is 1. The number of amides is 1. The van der Waals surface area contributed by atoms with Crippen LogP contribution in [0.25, 0.3) is 11.0 Å². The molecule has 2 aromatic heterocycles.